The van der Waals surface area contributed by atoms with Crippen LogP contribution in [-0.2, 0) is 0 Å². The average Bonchev–Trinajstić information content (AvgIpc) is 2.46. The zero-order valence-electron chi connectivity index (χ0n) is 13.1. The molecule has 21 heavy (non-hydrogen) atoms. The summed E-state index contributed by atoms with van der Waals surface area (Å²) in [5.41, 5.74) is 4.36. The van der Waals surface area contributed by atoms with Crippen molar-refractivity contribution in [2.75, 3.05) is 0 Å². The monoisotopic (exact) mass is 282 g/mol. The molecule has 0 saturated heterocycles. The van der Waals surface area contributed by atoms with Gasteiger partial charge in [-0.2, -0.15) is 5.10 Å². The van der Waals surface area contributed by atoms with Crippen molar-refractivity contribution >= 4 is 22.4 Å². The third kappa shape index (κ3) is 3.48. The third-order valence-electron chi connectivity index (χ3n) is 3.50. The molecule has 0 bridgehead atoms. The largest absolute Gasteiger partial charge is 0.271 e. The summed E-state index contributed by atoms with van der Waals surface area (Å²) in [6.45, 7) is 8.34. The molecule has 0 aliphatic carbocycles. The van der Waals surface area contributed by atoms with Crippen LogP contribution < -0.4 is 5.43 Å². The molecule has 0 unspecified atom stereocenters. The molecule has 110 valence electrons. The Kier molecular flexibility index (Phi) is 4.73. The zero-order chi connectivity index (χ0) is 15.4. The van der Waals surface area contributed by atoms with E-state index in [4.69, 9.17) is 0 Å². The second-order valence-electron chi connectivity index (χ2n) is 5.81. The predicted octanol–water partition coefficient (Wildman–Crippen LogP) is 4.24. The highest BCUT2D eigenvalue weighted by Crippen LogP contribution is 2.18. The van der Waals surface area contributed by atoms with Crippen LogP contribution >= 0.6 is 0 Å². The lowest BCUT2D eigenvalue weighted by Crippen LogP contribution is -2.24. The summed E-state index contributed by atoms with van der Waals surface area (Å²) < 4.78 is 0. The van der Waals surface area contributed by atoms with E-state index in [1.54, 1.807) is 0 Å². The fraction of sp³-hybridized carbons (Fsp3) is 0.333. The van der Waals surface area contributed by atoms with Crippen molar-refractivity contribution in [3.8, 4) is 0 Å². The summed E-state index contributed by atoms with van der Waals surface area (Å²) in [7, 11) is 0. The predicted molar refractivity (Wildman–Crippen MR) is 88.5 cm³/mol. The number of carbonyl (C=O) groups is 1. The number of amides is 1. The van der Waals surface area contributed by atoms with E-state index < -0.39 is 0 Å². The van der Waals surface area contributed by atoms with Gasteiger partial charge in [0.1, 0.15) is 0 Å². The van der Waals surface area contributed by atoms with Gasteiger partial charge in [-0.3, -0.25) is 4.79 Å². The first-order chi connectivity index (χ1) is 10.0. The summed E-state index contributed by atoms with van der Waals surface area (Å²) in [4.78, 5) is 12.4. The minimum Gasteiger partial charge on any atom is -0.267 e. The number of hydrazone groups is 1. The maximum absolute atomic E-state index is 12.4. The number of benzene rings is 2. The number of fused-ring (bicyclic) bond motifs is 1. The van der Waals surface area contributed by atoms with Crippen LogP contribution in [0.2, 0.25) is 0 Å². The van der Waals surface area contributed by atoms with Crippen molar-refractivity contribution < 1.29 is 4.79 Å². The lowest BCUT2D eigenvalue weighted by molar-refractivity contribution is 0.0956. The number of hydrogen-bond donors (Lipinski definition) is 1. The molecule has 2 rings (SSSR count). The summed E-state index contributed by atoms with van der Waals surface area (Å²) in [6, 6.07) is 13.6. The molecule has 0 fully saturated rings. The van der Waals surface area contributed by atoms with Crippen LogP contribution in [0.25, 0.3) is 10.8 Å². The molecular weight excluding hydrogens is 260 g/mol. The highest BCUT2D eigenvalue weighted by molar-refractivity contribution is 6.07. The van der Waals surface area contributed by atoms with Crippen LogP contribution in [0.1, 0.15) is 38.1 Å². The Morgan fingerprint density at radius 2 is 1.57 bits per heavy atom. The minimum absolute atomic E-state index is 0.161. The number of hydrogen-bond acceptors (Lipinski definition) is 2. The second-order valence-corrected chi connectivity index (χ2v) is 5.81. The normalized spacial score (nSPS) is 11.0. The van der Waals surface area contributed by atoms with Gasteiger partial charge in [0, 0.05) is 11.3 Å². The molecule has 0 radical (unpaired) electrons. The van der Waals surface area contributed by atoms with Crippen molar-refractivity contribution in [1.82, 2.24) is 5.43 Å². The van der Waals surface area contributed by atoms with E-state index in [-0.39, 0.29) is 5.91 Å². The van der Waals surface area contributed by atoms with E-state index >= 15 is 0 Å². The summed E-state index contributed by atoms with van der Waals surface area (Å²) >= 11 is 0. The van der Waals surface area contributed by atoms with Gasteiger partial charge in [-0.1, -0.05) is 64.1 Å². The van der Waals surface area contributed by atoms with Gasteiger partial charge in [0.2, 0.25) is 0 Å². The highest BCUT2D eigenvalue weighted by atomic mass is 16.2. The Bertz CT molecular complexity index is 656. The molecule has 0 heterocycles. The Labute approximate surface area is 126 Å². The number of nitrogens with zero attached hydrogens (tertiary/aromatic N) is 1. The maximum atomic E-state index is 12.4. The second kappa shape index (κ2) is 6.53. The number of nitrogens with one attached hydrogen (secondary N) is 1. The fourth-order valence-corrected chi connectivity index (χ4v) is 2.52. The van der Waals surface area contributed by atoms with Gasteiger partial charge in [0.05, 0.1) is 0 Å². The van der Waals surface area contributed by atoms with Crippen molar-refractivity contribution in [1.29, 1.82) is 0 Å². The van der Waals surface area contributed by atoms with E-state index in [2.05, 4.69) is 38.2 Å². The van der Waals surface area contributed by atoms with E-state index in [1.807, 2.05) is 42.5 Å². The van der Waals surface area contributed by atoms with Crippen LogP contribution in [0.5, 0.6) is 0 Å². The average molecular weight is 282 g/mol. The van der Waals surface area contributed by atoms with E-state index in [0.29, 0.717) is 17.4 Å². The quantitative estimate of drug-likeness (QED) is 0.661. The van der Waals surface area contributed by atoms with E-state index in [1.165, 1.54) is 0 Å². The van der Waals surface area contributed by atoms with Crippen LogP contribution in [0.15, 0.2) is 47.6 Å². The molecule has 1 amide bonds. The van der Waals surface area contributed by atoms with Gasteiger partial charge in [0.15, 0.2) is 0 Å². The molecule has 0 saturated carbocycles. The van der Waals surface area contributed by atoms with Crippen molar-refractivity contribution in [3.63, 3.8) is 0 Å². The first kappa shape index (κ1) is 15.2. The van der Waals surface area contributed by atoms with Gasteiger partial charge in [-0.25, -0.2) is 5.43 Å². The lowest BCUT2D eigenvalue weighted by atomic mass is 9.98. The number of rotatable bonds is 4. The Morgan fingerprint density at radius 1 is 0.952 bits per heavy atom. The van der Waals surface area contributed by atoms with Gasteiger partial charge in [-0.15, -0.1) is 0 Å². The molecule has 1 N–H and O–H groups in total. The molecule has 2 aromatic rings. The van der Waals surface area contributed by atoms with Crippen LogP contribution in [0.3, 0.4) is 0 Å². The highest BCUT2D eigenvalue weighted by Gasteiger charge is 2.12. The lowest BCUT2D eigenvalue weighted by Gasteiger charge is -2.14. The topological polar surface area (TPSA) is 41.5 Å². The van der Waals surface area contributed by atoms with Crippen molar-refractivity contribution in [2.45, 2.75) is 27.7 Å². The first-order valence-electron chi connectivity index (χ1n) is 7.36. The fourth-order valence-electron chi connectivity index (χ4n) is 2.52. The summed E-state index contributed by atoms with van der Waals surface area (Å²) in [5.74, 6) is 0.473. The molecule has 0 atom stereocenters. The molecule has 0 spiro atoms. The SMILES string of the molecule is CC(C)C(=NNC(=O)c1cccc2ccccc12)C(C)C. The summed E-state index contributed by atoms with van der Waals surface area (Å²) in [6.07, 6.45) is 0. The molecule has 0 aliphatic rings. The minimum atomic E-state index is -0.161. The molecule has 0 aliphatic heterocycles. The Hall–Kier alpha value is -2.16. The molecule has 2 aromatic carbocycles. The summed E-state index contributed by atoms with van der Waals surface area (Å²) in [5, 5.41) is 6.33. The van der Waals surface area contributed by atoms with Crippen molar-refractivity contribution in [2.24, 2.45) is 16.9 Å². The van der Waals surface area contributed by atoms with Crippen LogP contribution in [0, 0.1) is 11.8 Å². The van der Waals surface area contributed by atoms with E-state index in [0.717, 1.165) is 16.5 Å². The van der Waals surface area contributed by atoms with Crippen LogP contribution in [-0.4, -0.2) is 11.6 Å². The third-order valence-corrected chi connectivity index (χ3v) is 3.50. The maximum Gasteiger partial charge on any atom is 0.271 e. The van der Waals surface area contributed by atoms with Crippen molar-refractivity contribution in [3.05, 3.63) is 48.0 Å². The molecule has 0 aromatic heterocycles. The number of carbonyl (C=O) groups excluding carboxylic acids is 1. The smallest absolute Gasteiger partial charge is 0.267 e. The van der Waals surface area contributed by atoms with Gasteiger partial charge in [-0.05, 0) is 28.7 Å². The molecule has 3 nitrogen and oxygen atoms in total. The Balaban J connectivity index is 2.29. The Morgan fingerprint density at radius 3 is 2.24 bits per heavy atom. The zero-order valence-corrected chi connectivity index (χ0v) is 13.1. The van der Waals surface area contributed by atoms with Gasteiger partial charge >= 0.3 is 0 Å². The standard InChI is InChI=1S/C18H22N2O/c1-12(2)17(13(3)4)19-20-18(21)16-11-7-9-14-8-5-6-10-15(14)16/h5-13H,1-4H3,(H,20,21). The molecule has 3 heteroatoms. The van der Waals surface area contributed by atoms with Crippen LogP contribution in [0.4, 0.5) is 0 Å². The van der Waals surface area contributed by atoms with Gasteiger partial charge in [0.25, 0.3) is 5.91 Å². The first-order valence-corrected chi connectivity index (χ1v) is 7.36. The van der Waals surface area contributed by atoms with Gasteiger partial charge < -0.3 is 0 Å². The molecular formula is C18H22N2O. The van der Waals surface area contributed by atoms with E-state index in [9.17, 15) is 4.79 Å².